The zero-order chi connectivity index (χ0) is 15.1. The third-order valence-electron chi connectivity index (χ3n) is 4.22. The van der Waals surface area contributed by atoms with Crippen molar-refractivity contribution in [2.75, 3.05) is 32.8 Å². The molecule has 2 unspecified atom stereocenters. The largest absolute Gasteiger partial charge is 0.494 e. The number of rotatable bonds is 8. The molecule has 0 amide bonds. The Bertz CT molecular complexity index is 419. The maximum Gasteiger partial charge on any atom is 0.124 e. The molecule has 1 saturated heterocycles. The molecule has 1 aromatic rings. The SMILES string of the molecule is CCOc1ccccc1C(C)N(CCO)CC1CCCN1. The normalized spacial score (nSPS) is 19.9. The summed E-state index contributed by atoms with van der Waals surface area (Å²) in [7, 11) is 0. The van der Waals surface area contributed by atoms with Gasteiger partial charge in [0, 0.05) is 30.7 Å². The van der Waals surface area contributed by atoms with Crippen molar-refractivity contribution in [1.29, 1.82) is 0 Å². The smallest absolute Gasteiger partial charge is 0.124 e. The van der Waals surface area contributed by atoms with Gasteiger partial charge in [-0.3, -0.25) is 4.90 Å². The van der Waals surface area contributed by atoms with Gasteiger partial charge in [-0.05, 0) is 39.3 Å². The lowest BCUT2D eigenvalue weighted by atomic mass is 10.0. The highest BCUT2D eigenvalue weighted by molar-refractivity contribution is 5.35. The Morgan fingerprint density at radius 2 is 2.24 bits per heavy atom. The van der Waals surface area contributed by atoms with Gasteiger partial charge in [0.1, 0.15) is 5.75 Å². The molecular weight excluding hydrogens is 264 g/mol. The van der Waals surface area contributed by atoms with Gasteiger partial charge in [0.05, 0.1) is 13.2 Å². The van der Waals surface area contributed by atoms with Crippen LogP contribution in [0, 0.1) is 0 Å². The number of nitrogens with zero attached hydrogens (tertiary/aromatic N) is 1. The Morgan fingerprint density at radius 1 is 1.43 bits per heavy atom. The van der Waals surface area contributed by atoms with E-state index >= 15 is 0 Å². The molecule has 118 valence electrons. The molecule has 0 bridgehead atoms. The first-order valence-electron chi connectivity index (χ1n) is 8.06. The van der Waals surface area contributed by atoms with E-state index in [1.807, 2.05) is 19.1 Å². The Labute approximate surface area is 128 Å². The molecule has 2 N–H and O–H groups in total. The number of benzene rings is 1. The second kappa shape index (κ2) is 8.37. The standard InChI is InChI=1S/C17H28N2O2/c1-3-21-17-9-5-4-8-16(17)14(2)19(11-12-20)13-15-7-6-10-18-15/h4-5,8-9,14-15,18,20H,3,6-7,10-13H2,1-2H3. The molecule has 0 aliphatic carbocycles. The second-order valence-corrected chi connectivity index (χ2v) is 5.66. The molecule has 1 aliphatic heterocycles. The van der Waals surface area contributed by atoms with E-state index in [9.17, 15) is 5.11 Å². The maximum absolute atomic E-state index is 9.39. The average molecular weight is 292 g/mol. The summed E-state index contributed by atoms with van der Waals surface area (Å²) in [5, 5.41) is 12.9. The lowest BCUT2D eigenvalue weighted by molar-refractivity contribution is 0.145. The minimum Gasteiger partial charge on any atom is -0.494 e. The number of para-hydroxylation sites is 1. The number of hydrogen-bond donors (Lipinski definition) is 2. The van der Waals surface area contributed by atoms with E-state index in [0.717, 1.165) is 18.8 Å². The first kappa shape index (κ1) is 16.3. The van der Waals surface area contributed by atoms with E-state index in [1.54, 1.807) is 0 Å². The van der Waals surface area contributed by atoms with E-state index < -0.39 is 0 Å². The molecular formula is C17H28N2O2. The van der Waals surface area contributed by atoms with Crippen LogP contribution in [0.3, 0.4) is 0 Å². The van der Waals surface area contributed by atoms with Gasteiger partial charge in [-0.15, -0.1) is 0 Å². The molecule has 0 spiro atoms. The van der Waals surface area contributed by atoms with E-state index in [2.05, 4.69) is 29.3 Å². The van der Waals surface area contributed by atoms with Crippen LogP contribution in [0.2, 0.25) is 0 Å². The number of ether oxygens (including phenoxy) is 1. The lowest BCUT2D eigenvalue weighted by Gasteiger charge is -2.32. The van der Waals surface area contributed by atoms with Gasteiger partial charge in [0.2, 0.25) is 0 Å². The number of aliphatic hydroxyl groups excluding tert-OH is 1. The fourth-order valence-corrected chi connectivity index (χ4v) is 3.08. The zero-order valence-electron chi connectivity index (χ0n) is 13.2. The minimum absolute atomic E-state index is 0.188. The van der Waals surface area contributed by atoms with Gasteiger partial charge in [-0.1, -0.05) is 18.2 Å². The van der Waals surface area contributed by atoms with Crippen LogP contribution in [-0.2, 0) is 0 Å². The first-order valence-corrected chi connectivity index (χ1v) is 8.06. The second-order valence-electron chi connectivity index (χ2n) is 5.66. The molecule has 21 heavy (non-hydrogen) atoms. The monoisotopic (exact) mass is 292 g/mol. The Balaban J connectivity index is 2.10. The average Bonchev–Trinajstić information content (AvgIpc) is 3.00. The van der Waals surface area contributed by atoms with Crippen LogP contribution < -0.4 is 10.1 Å². The van der Waals surface area contributed by atoms with Gasteiger partial charge in [0.15, 0.2) is 0 Å². The van der Waals surface area contributed by atoms with Crippen LogP contribution >= 0.6 is 0 Å². The summed E-state index contributed by atoms with van der Waals surface area (Å²) in [5.41, 5.74) is 1.20. The summed E-state index contributed by atoms with van der Waals surface area (Å²) in [6.07, 6.45) is 2.48. The predicted molar refractivity (Wildman–Crippen MR) is 85.7 cm³/mol. The fraction of sp³-hybridized carbons (Fsp3) is 0.647. The molecule has 2 atom stereocenters. The molecule has 1 aromatic carbocycles. The fourth-order valence-electron chi connectivity index (χ4n) is 3.08. The van der Waals surface area contributed by atoms with Gasteiger partial charge in [-0.2, -0.15) is 0 Å². The van der Waals surface area contributed by atoms with Crippen molar-refractivity contribution in [2.45, 2.75) is 38.8 Å². The van der Waals surface area contributed by atoms with E-state index in [4.69, 9.17) is 4.74 Å². The number of aliphatic hydroxyl groups is 1. The number of hydrogen-bond acceptors (Lipinski definition) is 4. The van der Waals surface area contributed by atoms with Gasteiger partial charge < -0.3 is 15.2 Å². The molecule has 2 rings (SSSR count). The molecule has 1 heterocycles. The summed E-state index contributed by atoms with van der Waals surface area (Å²) in [6.45, 7) is 7.85. The highest BCUT2D eigenvalue weighted by atomic mass is 16.5. The summed E-state index contributed by atoms with van der Waals surface area (Å²) < 4.78 is 5.75. The summed E-state index contributed by atoms with van der Waals surface area (Å²) in [5.74, 6) is 0.954. The third kappa shape index (κ3) is 4.43. The first-order chi connectivity index (χ1) is 10.3. The zero-order valence-corrected chi connectivity index (χ0v) is 13.2. The third-order valence-corrected chi connectivity index (χ3v) is 4.22. The van der Waals surface area contributed by atoms with Gasteiger partial charge in [-0.25, -0.2) is 0 Å². The molecule has 1 fully saturated rings. The molecule has 0 aromatic heterocycles. The van der Waals surface area contributed by atoms with Crippen molar-refractivity contribution >= 4 is 0 Å². The molecule has 0 saturated carbocycles. The molecule has 1 aliphatic rings. The quantitative estimate of drug-likeness (QED) is 0.771. The van der Waals surface area contributed by atoms with Crippen molar-refractivity contribution in [3.8, 4) is 5.75 Å². The van der Waals surface area contributed by atoms with E-state index in [-0.39, 0.29) is 12.6 Å². The Hall–Kier alpha value is -1.10. The highest BCUT2D eigenvalue weighted by Gasteiger charge is 2.23. The summed E-state index contributed by atoms with van der Waals surface area (Å²) >= 11 is 0. The lowest BCUT2D eigenvalue weighted by Crippen LogP contribution is -2.40. The molecule has 4 heteroatoms. The van der Waals surface area contributed by atoms with Crippen LogP contribution in [0.4, 0.5) is 0 Å². The maximum atomic E-state index is 9.39. The summed E-state index contributed by atoms with van der Waals surface area (Å²) in [4.78, 5) is 2.35. The minimum atomic E-state index is 0.188. The van der Waals surface area contributed by atoms with Crippen LogP contribution in [0.5, 0.6) is 5.75 Å². The highest BCUT2D eigenvalue weighted by Crippen LogP contribution is 2.29. The van der Waals surface area contributed by atoms with Crippen molar-refractivity contribution < 1.29 is 9.84 Å². The van der Waals surface area contributed by atoms with Crippen molar-refractivity contribution in [1.82, 2.24) is 10.2 Å². The van der Waals surface area contributed by atoms with Crippen molar-refractivity contribution in [3.05, 3.63) is 29.8 Å². The van der Waals surface area contributed by atoms with E-state index in [1.165, 1.54) is 18.4 Å². The number of nitrogens with one attached hydrogen (secondary N) is 1. The predicted octanol–water partition coefficient (Wildman–Crippen LogP) is 2.19. The van der Waals surface area contributed by atoms with Crippen LogP contribution in [0.25, 0.3) is 0 Å². The molecule has 4 nitrogen and oxygen atoms in total. The topological polar surface area (TPSA) is 44.7 Å². The Morgan fingerprint density at radius 3 is 2.90 bits per heavy atom. The van der Waals surface area contributed by atoms with Gasteiger partial charge in [0.25, 0.3) is 0 Å². The van der Waals surface area contributed by atoms with E-state index in [0.29, 0.717) is 19.2 Å². The van der Waals surface area contributed by atoms with Crippen molar-refractivity contribution in [2.24, 2.45) is 0 Å². The van der Waals surface area contributed by atoms with Crippen LogP contribution in [0.15, 0.2) is 24.3 Å². The van der Waals surface area contributed by atoms with Crippen LogP contribution in [-0.4, -0.2) is 48.9 Å². The Kier molecular flexibility index (Phi) is 6.49. The van der Waals surface area contributed by atoms with Crippen LogP contribution in [0.1, 0.15) is 38.3 Å². The summed E-state index contributed by atoms with van der Waals surface area (Å²) in [6, 6.07) is 9.00. The van der Waals surface area contributed by atoms with Gasteiger partial charge >= 0.3 is 0 Å². The molecule has 0 radical (unpaired) electrons. The van der Waals surface area contributed by atoms with Crippen molar-refractivity contribution in [3.63, 3.8) is 0 Å².